The minimum absolute atomic E-state index is 0.125. The second-order valence-corrected chi connectivity index (χ2v) is 8.04. The fourth-order valence-corrected chi connectivity index (χ4v) is 5.43. The number of aromatic nitrogens is 1. The molecule has 27 heavy (non-hydrogen) atoms. The Morgan fingerprint density at radius 2 is 2.19 bits per heavy atom. The number of hydrogen-bond donors (Lipinski definition) is 2. The summed E-state index contributed by atoms with van der Waals surface area (Å²) in [5.74, 6) is -0.491. The SMILES string of the molecule is CCOC(=O)C(O)C[C@]1(CC)CCCN2CCc3c([nH]c4ccccc34)[C@@H]21. The molecule has 146 valence electrons. The number of aromatic amines is 1. The first kappa shape index (κ1) is 18.5. The largest absolute Gasteiger partial charge is 0.464 e. The predicted octanol–water partition coefficient (Wildman–Crippen LogP) is 3.57. The molecule has 5 nitrogen and oxygen atoms in total. The van der Waals surface area contributed by atoms with Gasteiger partial charge in [-0.2, -0.15) is 0 Å². The molecule has 3 atom stereocenters. The van der Waals surface area contributed by atoms with Gasteiger partial charge in [0.05, 0.1) is 12.6 Å². The third-order valence-electron chi connectivity index (χ3n) is 6.70. The minimum atomic E-state index is -1.06. The minimum Gasteiger partial charge on any atom is -0.464 e. The molecule has 1 saturated heterocycles. The zero-order chi connectivity index (χ0) is 19.0. The average molecular weight is 370 g/mol. The number of rotatable bonds is 5. The van der Waals surface area contributed by atoms with E-state index in [1.807, 2.05) is 0 Å². The van der Waals surface area contributed by atoms with Crippen LogP contribution < -0.4 is 0 Å². The molecule has 2 N–H and O–H groups in total. The zero-order valence-electron chi connectivity index (χ0n) is 16.3. The van der Waals surface area contributed by atoms with E-state index < -0.39 is 12.1 Å². The number of esters is 1. The number of piperidine rings is 1. The maximum absolute atomic E-state index is 12.1. The van der Waals surface area contributed by atoms with E-state index in [1.54, 1.807) is 6.92 Å². The molecular weight excluding hydrogens is 340 g/mol. The summed E-state index contributed by atoms with van der Waals surface area (Å²) in [5, 5.41) is 11.9. The van der Waals surface area contributed by atoms with E-state index in [1.165, 1.54) is 22.2 Å². The van der Waals surface area contributed by atoms with Gasteiger partial charge in [-0.15, -0.1) is 0 Å². The van der Waals surface area contributed by atoms with Crippen molar-refractivity contribution in [3.05, 3.63) is 35.5 Å². The average Bonchev–Trinajstić information content (AvgIpc) is 3.06. The van der Waals surface area contributed by atoms with Gasteiger partial charge in [0, 0.05) is 23.1 Å². The van der Waals surface area contributed by atoms with E-state index >= 15 is 0 Å². The van der Waals surface area contributed by atoms with Gasteiger partial charge in [-0.3, -0.25) is 4.90 Å². The lowest BCUT2D eigenvalue weighted by Gasteiger charge is -2.52. The monoisotopic (exact) mass is 370 g/mol. The summed E-state index contributed by atoms with van der Waals surface area (Å²) < 4.78 is 5.08. The normalized spacial score (nSPS) is 26.4. The molecule has 2 aliphatic rings. The van der Waals surface area contributed by atoms with Gasteiger partial charge in [-0.1, -0.05) is 25.1 Å². The van der Waals surface area contributed by atoms with Crippen LogP contribution in [-0.2, 0) is 16.0 Å². The standard InChI is InChI=1S/C22H30N2O3/c1-3-22(14-18(25)21(26)27-4-2)11-7-12-24-13-10-16-15-8-5-6-9-17(15)23-19(16)20(22)24/h5-6,8-9,18,20,23,25H,3-4,7,10-14H2,1-2H3/t18?,20-,22+/m1/s1. The number of nitrogens with zero attached hydrogens (tertiary/aromatic N) is 1. The molecule has 0 spiro atoms. The number of carbonyl (C=O) groups is 1. The van der Waals surface area contributed by atoms with Crippen LogP contribution in [0, 0.1) is 5.41 Å². The number of carbonyl (C=O) groups excluding carboxylic acids is 1. The van der Waals surface area contributed by atoms with Crippen molar-refractivity contribution >= 4 is 16.9 Å². The van der Waals surface area contributed by atoms with Crippen molar-refractivity contribution in [2.75, 3.05) is 19.7 Å². The van der Waals surface area contributed by atoms with Gasteiger partial charge in [0.25, 0.3) is 0 Å². The highest BCUT2D eigenvalue weighted by atomic mass is 16.5. The van der Waals surface area contributed by atoms with E-state index in [4.69, 9.17) is 4.74 Å². The summed E-state index contributed by atoms with van der Waals surface area (Å²) in [6, 6.07) is 8.73. The Morgan fingerprint density at radius 1 is 1.37 bits per heavy atom. The molecular formula is C22H30N2O3. The predicted molar refractivity (Wildman–Crippen MR) is 106 cm³/mol. The van der Waals surface area contributed by atoms with Gasteiger partial charge >= 0.3 is 5.97 Å². The Hall–Kier alpha value is -1.85. The lowest BCUT2D eigenvalue weighted by Crippen LogP contribution is -2.51. The topological polar surface area (TPSA) is 65.6 Å². The van der Waals surface area contributed by atoms with Crippen LogP contribution in [0.4, 0.5) is 0 Å². The first-order valence-corrected chi connectivity index (χ1v) is 10.3. The van der Waals surface area contributed by atoms with E-state index in [0.717, 1.165) is 38.8 Å². The first-order chi connectivity index (χ1) is 13.1. The van der Waals surface area contributed by atoms with Crippen LogP contribution in [0.1, 0.15) is 56.8 Å². The molecule has 1 aromatic carbocycles. The van der Waals surface area contributed by atoms with E-state index in [0.29, 0.717) is 13.0 Å². The maximum atomic E-state index is 12.1. The Kier molecular flexibility index (Phi) is 4.99. The van der Waals surface area contributed by atoms with Gasteiger partial charge < -0.3 is 14.8 Å². The zero-order valence-corrected chi connectivity index (χ0v) is 16.3. The Labute approximate surface area is 160 Å². The molecule has 1 aromatic heterocycles. The molecule has 1 fully saturated rings. The molecule has 2 aliphatic heterocycles. The number of aliphatic hydroxyl groups excluding tert-OH is 1. The van der Waals surface area contributed by atoms with Crippen LogP contribution in [0.15, 0.2) is 24.3 Å². The quantitative estimate of drug-likeness (QED) is 0.790. The summed E-state index contributed by atoms with van der Waals surface area (Å²) in [5.41, 5.74) is 3.77. The fourth-order valence-electron chi connectivity index (χ4n) is 5.43. The Balaban J connectivity index is 1.74. The van der Waals surface area contributed by atoms with Crippen LogP contribution in [0.5, 0.6) is 0 Å². The molecule has 0 radical (unpaired) electrons. The number of fused-ring (bicyclic) bond motifs is 5. The summed E-state index contributed by atoms with van der Waals surface area (Å²) in [7, 11) is 0. The lowest BCUT2D eigenvalue weighted by molar-refractivity contribution is -0.156. The van der Waals surface area contributed by atoms with Crippen molar-refractivity contribution in [1.82, 2.24) is 9.88 Å². The second kappa shape index (κ2) is 7.28. The van der Waals surface area contributed by atoms with Gasteiger partial charge in [-0.25, -0.2) is 4.79 Å². The number of aliphatic hydroxyl groups is 1. The van der Waals surface area contributed by atoms with Gasteiger partial charge in [0.1, 0.15) is 0 Å². The van der Waals surface area contributed by atoms with E-state index in [2.05, 4.69) is 41.1 Å². The third kappa shape index (κ3) is 3.07. The Bertz CT molecular complexity index is 830. The number of hydrogen-bond acceptors (Lipinski definition) is 4. The molecule has 0 bridgehead atoms. The molecule has 3 heterocycles. The van der Waals surface area contributed by atoms with Crippen molar-refractivity contribution < 1.29 is 14.6 Å². The molecule has 1 unspecified atom stereocenters. The van der Waals surface area contributed by atoms with Crippen molar-refractivity contribution in [3.63, 3.8) is 0 Å². The molecule has 5 heteroatoms. The van der Waals surface area contributed by atoms with Gasteiger partial charge in [0.15, 0.2) is 6.10 Å². The summed E-state index contributed by atoms with van der Waals surface area (Å²) in [4.78, 5) is 18.4. The van der Waals surface area contributed by atoms with Gasteiger partial charge in [0.2, 0.25) is 0 Å². The number of benzene rings is 1. The smallest absolute Gasteiger partial charge is 0.334 e. The van der Waals surface area contributed by atoms with Crippen LogP contribution in [0.2, 0.25) is 0 Å². The maximum Gasteiger partial charge on any atom is 0.334 e. The van der Waals surface area contributed by atoms with Crippen LogP contribution in [-0.4, -0.2) is 46.8 Å². The Morgan fingerprint density at radius 3 is 2.96 bits per heavy atom. The molecule has 0 saturated carbocycles. The van der Waals surface area contributed by atoms with Crippen molar-refractivity contribution in [2.45, 2.75) is 58.1 Å². The number of para-hydroxylation sites is 1. The third-order valence-corrected chi connectivity index (χ3v) is 6.70. The second-order valence-electron chi connectivity index (χ2n) is 8.04. The fraction of sp³-hybridized carbons (Fsp3) is 0.591. The summed E-state index contributed by atoms with van der Waals surface area (Å²) >= 11 is 0. The van der Waals surface area contributed by atoms with Crippen molar-refractivity contribution in [3.8, 4) is 0 Å². The highest BCUT2D eigenvalue weighted by Gasteiger charge is 2.49. The number of H-pyrrole nitrogens is 1. The van der Waals surface area contributed by atoms with Crippen LogP contribution >= 0.6 is 0 Å². The summed E-state index contributed by atoms with van der Waals surface area (Å²) in [6.07, 6.45) is 3.51. The molecule has 2 aromatic rings. The molecule has 0 aliphatic carbocycles. The van der Waals surface area contributed by atoms with Crippen molar-refractivity contribution in [2.24, 2.45) is 5.41 Å². The van der Waals surface area contributed by atoms with Crippen LogP contribution in [0.3, 0.4) is 0 Å². The lowest BCUT2D eigenvalue weighted by atomic mass is 9.65. The van der Waals surface area contributed by atoms with Gasteiger partial charge in [-0.05, 0) is 62.6 Å². The highest BCUT2D eigenvalue weighted by Crippen LogP contribution is 2.53. The summed E-state index contributed by atoms with van der Waals surface area (Å²) in [6.45, 7) is 6.39. The number of nitrogens with one attached hydrogen (secondary N) is 1. The van der Waals surface area contributed by atoms with Crippen molar-refractivity contribution in [1.29, 1.82) is 0 Å². The van der Waals surface area contributed by atoms with Crippen LogP contribution in [0.25, 0.3) is 10.9 Å². The highest BCUT2D eigenvalue weighted by molar-refractivity contribution is 5.85. The van der Waals surface area contributed by atoms with E-state index in [-0.39, 0.29) is 11.5 Å². The molecule has 0 amide bonds. The van der Waals surface area contributed by atoms with E-state index in [9.17, 15) is 9.90 Å². The molecule has 4 rings (SSSR count). The first-order valence-electron chi connectivity index (χ1n) is 10.3. The number of ether oxygens (including phenoxy) is 1.